The number of aliphatic carboxylic acids is 2. The predicted molar refractivity (Wildman–Crippen MR) is 356 cm³/mol. The monoisotopic (exact) mass is 1280 g/mol. The fourth-order valence-corrected chi connectivity index (χ4v) is 12.5. The second-order valence-corrected chi connectivity index (χ2v) is 26.8. The standard InChI is InChI=1S/C35H51N5O5S.C33H49N5O5S/c1-8-23(4)31(38-33(42)29-15-12-18-39(29)6)34(43)40(7)28(22(2)3)16-17-30-37-27(21-46-30)32(41)36-26(19-24(5)35(44)45)20-25-13-10-9-11-14-25;1-9-22(4)30(36-28(39)19-37(6)7)32(41)38(8)27(21(2)3)15-16-29-35-26(20-44-29)31(40)34-25(17-23(5)33(42)43)18-24-13-11-10-12-14-24/h9-11,13-14,19,21-23,26,28-29,31H,8,12,15-18,20H2,1-7H3,(H,36,41)(H,38,42)(H,44,45);10-14,17,20-22,25,27,30H,9,15-16,18-19H2,1-8H3,(H,34,40)(H,36,39)(H,42,43)/b24-19+;23-17+/t23?,26-,28-,29?,31+;22?,25-,27-,30+/m11/s1. The van der Waals surface area contributed by atoms with Crippen LogP contribution < -0.4 is 21.3 Å². The van der Waals surface area contributed by atoms with Gasteiger partial charge in [0.05, 0.1) is 34.7 Å². The summed E-state index contributed by atoms with van der Waals surface area (Å²) in [5.74, 6) is -3.01. The molecule has 90 heavy (non-hydrogen) atoms. The summed E-state index contributed by atoms with van der Waals surface area (Å²) in [6, 6.07) is 16.5. The highest BCUT2D eigenvalue weighted by Crippen LogP contribution is 2.25. The first-order chi connectivity index (χ1) is 42.5. The molecule has 0 spiro atoms. The fraction of sp³-hybridized carbons (Fsp3) is 0.559. The Labute approximate surface area is 541 Å². The molecule has 1 aliphatic heterocycles. The van der Waals surface area contributed by atoms with Crippen LogP contribution in [0.25, 0.3) is 0 Å². The van der Waals surface area contributed by atoms with E-state index in [1.807, 2.05) is 121 Å². The highest BCUT2D eigenvalue weighted by molar-refractivity contribution is 7.10. The molecule has 1 saturated heterocycles. The summed E-state index contributed by atoms with van der Waals surface area (Å²) in [4.78, 5) is 119. The number of carboxylic acids is 2. The number of aromatic nitrogens is 2. The Morgan fingerprint density at radius 2 is 1.02 bits per heavy atom. The number of benzene rings is 2. The molecular weight excluding hydrogens is 1180 g/mol. The lowest BCUT2D eigenvalue weighted by molar-refractivity contribution is -0.140. The zero-order chi connectivity index (χ0) is 66.9. The minimum absolute atomic E-state index is 0.0155. The lowest BCUT2D eigenvalue weighted by Crippen LogP contribution is -2.56. The van der Waals surface area contributed by atoms with Crippen molar-refractivity contribution in [3.8, 4) is 0 Å². The van der Waals surface area contributed by atoms with Gasteiger partial charge < -0.3 is 46.2 Å². The van der Waals surface area contributed by atoms with Crippen molar-refractivity contribution >= 4 is 70.1 Å². The van der Waals surface area contributed by atoms with E-state index in [0.717, 1.165) is 53.4 Å². The minimum Gasteiger partial charge on any atom is -0.478 e. The van der Waals surface area contributed by atoms with Crippen molar-refractivity contribution in [2.45, 2.75) is 176 Å². The van der Waals surface area contributed by atoms with Crippen molar-refractivity contribution in [3.05, 3.63) is 127 Å². The number of rotatable bonds is 33. The molecule has 20 nitrogen and oxygen atoms in total. The van der Waals surface area contributed by atoms with Crippen LogP contribution in [0, 0.1) is 23.7 Å². The minimum atomic E-state index is -1.04. The summed E-state index contributed by atoms with van der Waals surface area (Å²) in [7, 11) is 9.19. The van der Waals surface area contributed by atoms with Gasteiger partial charge in [-0.05, 0) is 115 Å². The van der Waals surface area contributed by atoms with E-state index >= 15 is 0 Å². The van der Waals surface area contributed by atoms with Gasteiger partial charge in [0.15, 0.2) is 0 Å². The van der Waals surface area contributed by atoms with Crippen molar-refractivity contribution in [2.24, 2.45) is 23.7 Å². The van der Waals surface area contributed by atoms with Crippen LogP contribution >= 0.6 is 22.7 Å². The molecule has 22 heteroatoms. The van der Waals surface area contributed by atoms with E-state index in [4.69, 9.17) is 0 Å². The average molecular weight is 1280 g/mol. The van der Waals surface area contributed by atoms with Crippen LogP contribution in [0.4, 0.5) is 0 Å². The van der Waals surface area contributed by atoms with Crippen LogP contribution in [0.15, 0.2) is 94.7 Å². The Morgan fingerprint density at radius 3 is 1.37 bits per heavy atom. The number of aryl methyl sites for hydroxylation is 2. The number of carbonyl (C=O) groups excluding carboxylic acids is 6. The summed E-state index contributed by atoms with van der Waals surface area (Å²) >= 11 is 2.78. The summed E-state index contributed by atoms with van der Waals surface area (Å²) in [5.41, 5.74) is 2.80. The number of carbonyl (C=O) groups is 8. The molecule has 3 unspecified atom stereocenters. The lowest BCUT2D eigenvalue weighted by Gasteiger charge is -2.36. The third-order valence-electron chi connectivity index (χ3n) is 16.8. The molecule has 6 amide bonds. The topological polar surface area (TPSA) is 264 Å². The Kier molecular flexibility index (Phi) is 31.2. The SMILES string of the molecule is CCC(C)[C@H](NC(=O)C1CCCN1C)C(=O)N(C)[C@H](CCc1nc(C(=O)N[C@H](/C=C(\C)C(=O)O)Cc2ccccc2)cs1)C(C)C.CCC(C)[C@H](NC(=O)CN(C)C)C(=O)N(C)[C@H](CCc1nc(C(=O)N[C@H](/C=C(\C)C(=O)O)Cc2ccccc2)cs1)C(C)C. The van der Waals surface area contributed by atoms with Gasteiger partial charge in [-0.2, -0.15) is 0 Å². The van der Waals surface area contributed by atoms with Gasteiger partial charge in [-0.3, -0.25) is 33.7 Å². The van der Waals surface area contributed by atoms with Crippen LogP contribution in [-0.4, -0.2) is 178 Å². The van der Waals surface area contributed by atoms with Gasteiger partial charge in [0.2, 0.25) is 23.6 Å². The van der Waals surface area contributed by atoms with E-state index in [1.54, 1.807) is 44.7 Å². The largest absolute Gasteiger partial charge is 0.478 e. The number of likely N-dealkylation sites (tertiary alicyclic amines) is 1. The molecule has 4 aromatic rings. The number of hydrogen-bond acceptors (Lipinski definition) is 14. The summed E-state index contributed by atoms with van der Waals surface area (Å²) in [6.07, 6.45) is 9.73. The number of likely N-dealkylation sites (N-methyl/N-ethyl adjacent to an activating group) is 4. The van der Waals surface area contributed by atoms with Crippen molar-refractivity contribution < 1.29 is 48.6 Å². The second-order valence-electron chi connectivity index (χ2n) is 24.9. The van der Waals surface area contributed by atoms with Crippen LogP contribution in [0.5, 0.6) is 0 Å². The van der Waals surface area contributed by atoms with E-state index in [-0.39, 0.29) is 106 Å². The van der Waals surface area contributed by atoms with E-state index < -0.39 is 36.1 Å². The number of nitrogens with one attached hydrogen (secondary N) is 4. The lowest BCUT2D eigenvalue weighted by atomic mass is 9.93. The maximum atomic E-state index is 13.9. The molecule has 0 radical (unpaired) electrons. The van der Waals surface area contributed by atoms with E-state index in [1.165, 1.54) is 36.5 Å². The molecule has 0 saturated carbocycles. The maximum absolute atomic E-state index is 13.9. The van der Waals surface area contributed by atoms with Crippen molar-refractivity contribution in [2.75, 3.05) is 48.3 Å². The van der Waals surface area contributed by atoms with E-state index in [2.05, 4.69) is 58.9 Å². The summed E-state index contributed by atoms with van der Waals surface area (Å²) in [6.45, 7) is 20.4. The van der Waals surface area contributed by atoms with Gasteiger partial charge in [-0.25, -0.2) is 19.6 Å². The van der Waals surface area contributed by atoms with Crippen LogP contribution in [0.3, 0.4) is 0 Å². The molecular formula is C68H100N10O10S2. The normalized spacial score (nSPS) is 16.4. The Balaban J connectivity index is 0.000000385. The Hall–Kier alpha value is -7.14. The molecule has 0 bridgehead atoms. The van der Waals surface area contributed by atoms with Gasteiger partial charge in [0.1, 0.15) is 23.5 Å². The second kappa shape index (κ2) is 37.3. The first-order valence-electron chi connectivity index (χ1n) is 31.4. The Bertz CT molecular complexity index is 3040. The van der Waals surface area contributed by atoms with Gasteiger partial charge in [-0.1, -0.05) is 141 Å². The van der Waals surface area contributed by atoms with Crippen molar-refractivity contribution in [3.63, 3.8) is 0 Å². The third kappa shape index (κ3) is 23.9. The summed E-state index contributed by atoms with van der Waals surface area (Å²) < 4.78 is 0. The number of amides is 6. The molecule has 494 valence electrons. The van der Waals surface area contributed by atoms with E-state index in [9.17, 15) is 48.6 Å². The van der Waals surface area contributed by atoms with Crippen molar-refractivity contribution in [1.29, 1.82) is 0 Å². The van der Waals surface area contributed by atoms with Gasteiger partial charge in [0, 0.05) is 60.9 Å². The molecule has 2 aromatic carbocycles. The molecule has 2 aromatic heterocycles. The molecule has 1 fully saturated rings. The average Bonchev–Trinajstić information content (AvgIpc) is 4.44. The highest BCUT2D eigenvalue weighted by atomic mass is 32.1. The number of carboxylic acid groups (broad SMARTS) is 2. The zero-order valence-corrected chi connectivity index (χ0v) is 57.2. The van der Waals surface area contributed by atoms with E-state index in [0.29, 0.717) is 38.5 Å². The molecule has 5 rings (SSSR count). The molecule has 9 atom stereocenters. The van der Waals surface area contributed by atoms with Crippen LogP contribution in [-0.2, 0) is 54.5 Å². The van der Waals surface area contributed by atoms with Gasteiger partial charge in [-0.15, -0.1) is 22.7 Å². The molecule has 3 heterocycles. The summed E-state index contributed by atoms with van der Waals surface area (Å²) in [5, 5.41) is 35.6. The third-order valence-corrected chi connectivity index (χ3v) is 18.6. The number of nitrogens with zero attached hydrogens (tertiary/aromatic N) is 6. The quantitative estimate of drug-likeness (QED) is 0.0244. The van der Waals surface area contributed by atoms with Gasteiger partial charge >= 0.3 is 11.9 Å². The number of thiazole rings is 2. The number of hydrogen-bond donors (Lipinski definition) is 6. The van der Waals surface area contributed by atoms with Gasteiger partial charge in [0.25, 0.3) is 11.8 Å². The zero-order valence-electron chi connectivity index (χ0n) is 55.6. The fourth-order valence-electron chi connectivity index (χ4n) is 11.0. The smallest absolute Gasteiger partial charge is 0.331 e. The first-order valence-corrected chi connectivity index (χ1v) is 33.2. The highest BCUT2D eigenvalue weighted by Gasteiger charge is 2.37. The molecule has 0 aliphatic carbocycles. The molecule has 1 aliphatic rings. The van der Waals surface area contributed by atoms with Crippen LogP contribution in [0.1, 0.15) is 150 Å². The predicted octanol–water partition coefficient (Wildman–Crippen LogP) is 8.58. The first kappa shape index (κ1) is 75.3. The molecule has 6 N–H and O–H groups in total. The van der Waals surface area contributed by atoms with Crippen molar-refractivity contribution in [1.82, 2.24) is 50.8 Å². The maximum Gasteiger partial charge on any atom is 0.331 e. The Morgan fingerprint density at radius 1 is 0.622 bits per heavy atom. The van der Waals surface area contributed by atoms with Crippen LogP contribution in [0.2, 0.25) is 0 Å².